The summed E-state index contributed by atoms with van der Waals surface area (Å²) in [6, 6.07) is 0. The molecule has 0 aromatic carbocycles. The molecule has 5 heteroatoms. The molecule has 0 rings (SSSR count). The lowest BCUT2D eigenvalue weighted by Crippen LogP contribution is -2.32. The van der Waals surface area contributed by atoms with E-state index in [-0.39, 0.29) is 17.8 Å². The molecule has 0 aliphatic heterocycles. The standard InChI is InChI=1S/C14H18O5/c1-6-7-11(15)12(19-14(17)10(4)5)8-18-13(16)9(2)3/h6-7,12H,2,4,8H2,1,3,5H3. The molecule has 5 nitrogen and oxygen atoms in total. The molecule has 1 unspecified atom stereocenters. The van der Waals surface area contributed by atoms with Crippen molar-refractivity contribution in [3.8, 4) is 0 Å². The molecule has 0 spiro atoms. The number of rotatable bonds is 7. The van der Waals surface area contributed by atoms with Crippen LogP contribution in [0.15, 0.2) is 36.5 Å². The van der Waals surface area contributed by atoms with Crippen LogP contribution in [0.4, 0.5) is 0 Å². The maximum atomic E-state index is 11.7. The highest BCUT2D eigenvalue weighted by Gasteiger charge is 2.23. The highest BCUT2D eigenvalue weighted by atomic mass is 16.6. The first kappa shape index (κ1) is 16.8. The van der Waals surface area contributed by atoms with E-state index in [2.05, 4.69) is 13.2 Å². The highest BCUT2D eigenvalue weighted by molar-refractivity contribution is 5.97. The first-order chi connectivity index (χ1) is 8.79. The number of carbonyl (C=O) groups excluding carboxylic acids is 3. The average Bonchev–Trinajstić information content (AvgIpc) is 2.33. The van der Waals surface area contributed by atoms with Gasteiger partial charge in [-0.15, -0.1) is 0 Å². The third kappa shape index (κ3) is 6.35. The Hall–Kier alpha value is -2.17. The van der Waals surface area contributed by atoms with Gasteiger partial charge in [-0.25, -0.2) is 9.59 Å². The molecule has 0 aromatic heterocycles. The summed E-state index contributed by atoms with van der Waals surface area (Å²) >= 11 is 0. The lowest BCUT2D eigenvalue weighted by atomic mass is 10.2. The molecule has 0 heterocycles. The van der Waals surface area contributed by atoms with Crippen molar-refractivity contribution >= 4 is 17.7 Å². The number of allylic oxidation sites excluding steroid dienone is 1. The number of ketones is 1. The first-order valence-electron chi connectivity index (χ1n) is 5.65. The second kappa shape index (κ2) is 8.02. The average molecular weight is 266 g/mol. The van der Waals surface area contributed by atoms with Crippen molar-refractivity contribution in [1.29, 1.82) is 0 Å². The molecular weight excluding hydrogens is 248 g/mol. The summed E-state index contributed by atoms with van der Waals surface area (Å²) in [5.74, 6) is -1.83. The van der Waals surface area contributed by atoms with E-state index in [1.54, 1.807) is 6.92 Å². The normalized spacial score (nSPS) is 11.7. The second-order valence-electron chi connectivity index (χ2n) is 3.96. The van der Waals surface area contributed by atoms with Crippen LogP contribution in [0.5, 0.6) is 0 Å². The Balaban J connectivity index is 4.73. The van der Waals surface area contributed by atoms with Gasteiger partial charge in [0.1, 0.15) is 6.61 Å². The predicted molar refractivity (Wildman–Crippen MR) is 70.3 cm³/mol. The van der Waals surface area contributed by atoms with Gasteiger partial charge in [-0.2, -0.15) is 0 Å². The minimum atomic E-state index is -1.18. The first-order valence-corrected chi connectivity index (χ1v) is 5.65. The maximum absolute atomic E-state index is 11.7. The number of carbonyl (C=O) groups is 3. The van der Waals surface area contributed by atoms with Crippen LogP contribution in [0.25, 0.3) is 0 Å². The fourth-order valence-electron chi connectivity index (χ4n) is 0.950. The van der Waals surface area contributed by atoms with Crippen molar-refractivity contribution < 1.29 is 23.9 Å². The van der Waals surface area contributed by atoms with Gasteiger partial charge < -0.3 is 9.47 Å². The van der Waals surface area contributed by atoms with Crippen LogP contribution in [-0.4, -0.2) is 30.4 Å². The lowest BCUT2D eigenvalue weighted by Gasteiger charge is -2.15. The number of hydrogen-bond acceptors (Lipinski definition) is 5. The van der Waals surface area contributed by atoms with E-state index in [0.29, 0.717) is 0 Å². The summed E-state index contributed by atoms with van der Waals surface area (Å²) in [7, 11) is 0. The molecule has 0 aliphatic carbocycles. The Kier molecular flexibility index (Phi) is 7.11. The highest BCUT2D eigenvalue weighted by Crippen LogP contribution is 2.04. The van der Waals surface area contributed by atoms with Crippen molar-refractivity contribution in [2.45, 2.75) is 26.9 Å². The largest absolute Gasteiger partial charge is 0.458 e. The van der Waals surface area contributed by atoms with Crippen LogP contribution in [0.2, 0.25) is 0 Å². The molecule has 0 saturated carbocycles. The zero-order valence-electron chi connectivity index (χ0n) is 11.4. The fourth-order valence-corrected chi connectivity index (χ4v) is 0.950. The monoisotopic (exact) mass is 266 g/mol. The summed E-state index contributed by atoms with van der Waals surface area (Å²) in [6.45, 7) is 11.0. The van der Waals surface area contributed by atoms with E-state index in [1.807, 2.05) is 0 Å². The van der Waals surface area contributed by atoms with Gasteiger partial charge in [-0.05, 0) is 26.8 Å². The molecule has 0 saturated heterocycles. The summed E-state index contributed by atoms with van der Waals surface area (Å²) in [5.41, 5.74) is 0.355. The van der Waals surface area contributed by atoms with Crippen LogP contribution >= 0.6 is 0 Å². The van der Waals surface area contributed by atoms with Gasteiger partial charge in [0.05, 0.1) is 0 Å². The Morgan fingerprint density at radius 1 is 1.11 bits per heavy atom. The van der Waals surface area contributed by atoms with E-state index in [9.17, 15) is 14.4 Å². The number of esters is 2. The van der Waals surface area contributed by atoms with Gasteiger partial charge in [0.15, 0.2) is 11.9 Å². The predicted octanol–water partition coefficient (Wildman–Crippen LogP) is 1.74. The summed E-state index contributed by atoms with van der Waals surface area (Å²) < 4.78 is 9.72. The summed E-state index contributed by atoms with van der Waals surface area (Å²) in [4.78, 5) is 34.3. The Labute approximate surface area is 112 Å². The Morgan fingerprint density at radius 2 is 1.63 bits per heavy atom. The van der Waals surface area contributed by atoms with Crippen molar-refractivity contribution in [3.63, 3.8) is 0 Å². The minimum absolute atomic E-state index is 0.157. The van der Waals surface area contributed by atoms with Gasteiger partial charge in [-0.3, -0.25) is 4.79 Å². The maximum Gasteiger partial charge on any atom is 0.333 e. The molecule has 0 aromatic rings. The number of ether oxygens (including phenoxy) is 2. The van der Waals surface area contributed by atoms with Crippen LogP contribution < -0.4 is 0 Å². The molecule has 0 amide bonds. The van der Waals surface area contributed by atoms with Crippen LogP contribution in [-0.2, 0) is 23.9 Å². The fraction of sp³-hybridized carbons (Fsp3) is 0.357. The third-order valence-corrected chi connectivity index (χ3v) is 1.96. The van der Waals surface area contributed by atoms with E-state index in [0.717, 1.165) is 0 Å². The van der Waals surface area contributed by atoms with Crippen LogP contribution in [0.3, 0.4) is 0 Å². The zero-order valence-corrected chi connectivity index (χ0v) is 11.4. The zero-order chi connectivity index (χ0) is 15.0. The van der Waals surface area contributed by atoms with Gasteiger partial charge in [0.25, 0.3) is 0 Å². The van der Waals surface area contributed by atoms with Gasteiger partial charge in [-0.1, -0.05) is 19.2 Å². The van der Waals surface area contributed by atoms with Gasteiger partial charge >= 0.3 is 11.9 Å². The van der Waals surface area contributed by atoms with E-state index in [4.69, 9.17) is 9.47 Å². The van der Waals surface area contributed by atoms with E-state index in [1.165, 1.54) is 26.0 Å². The smallest absolute Gasteiger partial charge is 0.333 e. The molecular formula is C14H18O5. The van der Waals surface area contributed by atoms with Gasteiger partial charge in [0.2, 0.25) is 0 Å². The third-order valence-electron chi connectivity index (χ3n) is 1.96. The van der Waals surface area contributed by atoms with Crippen molar-refractivity contribution in [1.82, 2.24) is 0 Å². The van der Waals surface area contributed by atoms with Crippen LogP contribution in [0.1, 0.15) is 20.8 Å². The minimum Gasteiger partial charge on any atom is -0.458 e. The second-order valence-corrected chi connectivity index (χ2v) is 3.96. The number of hydrogen-bond donors (Lipinski definition) is 0. The quantitative estimate of drug-likeness (QED) is 0.518. The lowest BCUT2D eigenvalue weighted by molar-refractivity contribution is -0.157. The molecule has 0 N–H and O–H groups in total. The molecule has 104 valence electrons. The summed E-state index contributed by atoms with van der Waals surface area (Å²) in [6.07, 6.45) is 1.57. The summed E-state index contributed by atoms with van der Waals surface area (Å²) in [5, 5.41) is 0. The van der Waals surface area contributed by atoms with Crippen molar-refractivity contribution in [2.75, 3.05) is 6.61 Å². The van der Waals surface area contributed by atoms with Crippen molar-refractivity contribution in [3.05, 3.63) is 36.5 Å². The molecule has 0 aliphatic rings. The van der Waals surface area contributed by atoms with Gasteiger partial charge in [0, 0.05) is 11.1 Å². The van der Waals surface area contributed by atoms with E-state index >= 15 is 0 Å². The molecule has 0 radical (unpaired) electrons. The topological polar surface area (TPSA) is 69.7 Å². The SMILES string of the molecule is C=C(C)C(=O)OCC(OC(=O)C(=C)C)C(=O)C=CC. The molecule has 0 fully saturated rings. The van der Waals surface area contributed by atoms with E-state index < -0.39 is 23.8 Å². The molecule has 1 atom stereocenters. The molecule has 0 bridgehead atoms. The Bertz CT molecular complexity index is 431. The Morgan fingerprint density at radius 3 is 2.05 bits per heavy atom. The van der Waals surface area contributed by atoms with Crippen molar-refractivity contribution in [2.24, 2.45) is 0 Å². The molecule has 19 heavy (non-hydrogen) atoms. The van der Waals surface area contributed by atoms with Crippen LogP contribution in [0, 0.1) is 0 Å².